The van der Waals surface area contributed by atoms with Gasteiger partial charge in [-0.1, -0.05) is 12.1 Å². The van der Waals surface area contributed by atoms with Crippen LogP contribution in [-0.4, -0.2) is 52.9 Å². The number of carboxylic acids is 1. The molecule has 3 heterocycles. The van der Waals surface area contributed by atoms with E-state index in [0.717, 1.165) is 29.3 Å². The molecule has 1 N–H and O–H groups in total. The summed E-state index contributed by atoms with van der Waals surface area (Å²) in [5, 5.41) is 14.5. The Kier molecular flexibility index (Phi) is 5.50. The molecule has 1 aliphatic rings. The normalized spacial score (nSPS) is 19.2. The number of aliphatic carboxylic acids is 1. The summed E-state index contributed by atoms with van der Waals surface area (Å²) in [6.45, 7) is 4.61. The Bertz CT molecular complexity index is 1200. The average Bonchev–Trinajstić information content (AvgIpc) is 3.15. The first-order valence-electron chi connectivity index (χ1n) is 10.6. The van der Waals surface area contributed by atoms with Crippen LogP contribution in [0, 0.1) is 12.3 Å². The van der Waals surface area contributed by atoms with Crippen LogP contribution in [0.25, 0.3) is 16.9 Å². The van der Waals surface area contributed by atoms with E-state index in [0.29, 0.717) is 42.8 Å². The summed E-state index contributed by atoms with van der Waals surface area (Å²) >= 11 is 0. The molecule has 33 heavy (non-hydrogen) atoms. The molecule has 3 aromatic rings. The molecule has 0 saturated carbocycles. The molecule has 7 nitrogen and oxygen atoms in total. The number of aromatic nitrogens is 3. The van der Waals surface area contributed by atoms with Gasteiger partial charge in [0.05, 0.1) is 22.4 Å². The van der Waals surface area contributed by atoms with Gasteiger partial charge >= 0.3 is 12.1 Å². The highest BCUT2D eigenvalue weighted by Gasteiger charge is 2.39. The quantitative estimate of drug-likeness (QED) is 0.618. The molecular weight excluding hydrogens is 435 g/mol. The van der Waals surface area contributed by atoms with Gasteiger partial charge in [0.1, 0.15) is 5.69 Å². The Morgan fingerprint density at radius 1 is 1.21 bits per heavy atom. The monoisotopic (exact) mass is 461 g/mol. The van der Waals surface area contributed by atoms with Crippen molar-refractivity contribution < 1.29 is 23.1 Å². The third kappa shape index (κ3) is 4.09. The Hall–Kier alpha value is -3.30. The van der Waals surface area contributed by atoms with E-state index in [1.807, 2.05) is 30.8 Å². The van der Waals surface area contributed by atoms with Crippen LogP contribution in [0.3, 0.4) is 0 Å². The van der Waals surface area contributed by atoms with Crippen molar-refractivity contribution in [2.75, 3.05) is 37.0 Å². The predicted molar refractivity (Wildman–Crippen MR) is 120 cm³/mol. The van der Waals surface area contributed by atoms with Crippen molar-refractivity contribution in [3.63, 3.8) is 0 Å². The van der Waals surface area contributed by atoms with Gasteiger partial charge in [-0.3, -0.25) is 4.79 Å². The van der Waals surface area contributed by atoms with Crippen molar-refractivity contribution in [1.82, 2.24) is 14.6 Å². The molecule has 0 radical (unpaired) electrons. The molecule has 4 rings (SSSR count). The largest absolute Gasteiger partial charge is 0.481 e. The SMILES string of the molecule is Cc1nc2cc(-c3ccc(C(F)(F)F)cc3)nn2c(N2CCC[C@](C)(C(=O)O)C2)c1N(C)C. The number of hydrogen-bond acceptors (Lipinski definition) is 5. The lowest BCUT2D eigenvalue weighted by Gasteiger charge is -2.40. The number of carboxylic acid groups (broad SMARTS) is 1. The number of halogens is 3. The summed E-state index contributed by atoms with van der Waals surface area (Å²) in [6, 6.07) is 6.60. The zero-order chi connectivity index (χ0) is 24.1. The lowest BCUT2D eigenvalue weighted by Crippen LogP contribution is -2.47. The van der Waals surface area contributed by atoms with Gasteiger partial charge in [0.2, 0.25) is 0 Å². The molecule has 0 spiro atoms. The summed E-state index contributed by atoms with van der Waals surface area (Å²) in [6.07, 6.45) is -3.11. The van der Waals surface area contributed by atoms with Crippen LogP contribution < -0.4 is 9.80 Å². The molecule has 1 fully saturated rings. The molecule has 0 bridgehead atoms. The fourth-order valence-corrected chi connectivity index (χ4v) is 4.47. The summed E-state index contributed by atoms with van der Waals surface area (Å²) in [4.78, 5) is 20.5. The first-order valence-corrected chi connectivity index (χ1v) is 10.6. The number of nitrogens with zero attached hydrogens (tertiary/aromatic N) is 5. The molecule has 176 valence electrons. The van der Waals surface area contributed by atoms with Crippen molar-refractivity contribution >= 4 is 23.1 Å². The number of fused-ring (bicyclic) bond motifs is 1. The number of rotatable bonds is 4. The van der Waals surface area contributed by atoms with Crippen molar-refractivity contribution in [3.05, 3.63) is 41.6 Å². The van der Waals surface area contributed by atoms with Crippen LogP contribution in [0.15, 0.2) is 30.3 Å². The molecule has 1 atom stereocenters. The first-order chi connectivity index (χ1) is 15.4. The van der Waals surface area contributed by atoms with Gasteiger partial charge in [0.25, 0.3) is 0 Å². The number of benzene rings is 1. The second-order valence-electron chi connectivity index (χ2n) is 9.03. The molecule has 0 amide bonds. The zero-order valence-electron chi connectivity index (χ0n) is 18.9. The van der Waals surface area contributed by atoms with Crippen LogP contribution in [0.1, 0.15) is 31.0 Å². The van der Waals surface area contributed by atoms with E-state index in [4.69, 9.17) is 0 Å². The van der Waals surface area contributed by atoms with Gasteiger partial charge in [-0.05, 0) is 38.8 Å². The van der Waals surface area contributed by atoms with E-state index in [1.54, 1.807) is 17.5 Å². The molecule has 1 saturated heterocycles. The third-order valence-electron chi connectivity index (χ3n) is 6.20. The minimum Gasteiger partial charge on any atom is -0.481 e. The summed E-state index contributed by atoms with van der Waals surface area (Å²) in [5.74, 6) is -0.112. The lowest BCUT2D eigenvalue weighted by molar-refractivity contribution is -0.148. The number of hydrogen-bond donors (Lipinski definition) is 1. The van der Waals surface area contributed by atoms with Crippen LogP contribution >= 0.6 is 0 Å². The van der Waals surface area contributed by atoms with Crippen molar-refractivity contribution in [2.24, 2.45) is 5.41 Å². The van der Waals surface area contributed by atoms with Crippen LogP contribution in [0.2, 0.25) is 0 Å². The number of aryl methyl sites for hydroxylation is 1. The molecule has 1 aliphatic heterocycles. The Morgan fingerprint density at radius 3 is 2.45 bits per heavy atom. The smallest absolute Gasteiger partial charge is 0.416 e. The van der Waals surface area contributed by atoms with Crippen molar-refractivity contribution in [2.45, 2.75) is 32.9 Å². The molecular formula is C23H26F3N5O2. The molecule has 1 aromatic carbocycles. The van der Waals surface area contributed by atoms with E-state index in [2.05, 4.69) is 10.1 Å². The van der Waals surface area contributed by atoms with Gasteiger partial charge < -0.3 is 14.9 Å². The predicted octanol–water partition coefficient (Wildman–Crippen LogP) is 4.48. The van der Waals surface area contributed by atoms with E-state index in [9.17, 15) is 23.1 Å². The highest BCUT2D eigenvalue weighted by Crippen LogP contribution is 2.39. The number of carbonyl (C=O) groups is 1. The number of anilines is 2. The summed E-state index contributed by atoms with van der Waals surface area (Å²) < 4.78 is 40.5. The van der Waals surface area contributed by atoms with Crippen LogP contribution in [-0.2, 0) is 11.0 Å². The topological polar surface area (TPSA) is 74.0 Å². The molecule has 10 heteroatoms. The van der Waals surface area contributed by atoms with E-state index in [-0.39, 0.29) is 0 Å². The Labute approximate surface area is 189 Å². The highest BCUT2D eigenvalue weighted by atomic mass is 19.4. The van der Waals surface area contributed by atoms with Gasteiger partial charge in [-0.15, -0.1) is 0 Å². The second-order valence-corrected chi connectivity index (χ2v) is 9.03. The van der Waals surface area contributed by atoms with Crippen LogP contribution in [0.5, 0.6) is 0 Å². The highest BCUT2D eigenvalue weighted by molar-refractivity contribution is 5.78. The van der Waals surface area contributed by atoms with Crippen molar-refractivity contribution in [1.29, 1.82) is 0 Å². The van der Waals surface area contributed by atoms with E-state index >= 15 is 0 Å². The van der Waals surface area contributed by atoms with E-state index < -0.39 is 23.1 Å². The fourth-order valence-electron chi connectivity index (χ4n) is 4.47. The van der Waals surface area contributed by atoms with E-state index in [1.165, 1.54) is 12.1 Å². The standard InChI is InChI=1S/C23H26F3N5O2/c1-14-19(29(3)4)20(30-11-5-10-22(2,13-30)21(32)33)31-18(27-14)12-17(28-31)15-6-8-16(9-7-15)23(24,25)26/h6-9,12H,5,10-11,13H2,1-4H3,(H,32,33)/t22-/m0/s1. The number of alkyl halides is 3. The summed E-state index contributed by atoms with van der Waals surface area (Å²) in [7, 11) is 3.78. The second kappa shape index (κ2) is 7.93. The van der Waals surface area contributed by atoms with Gasteiger partial charge in [-0.25, -0.2) is 4.98 Å². The molecule has 0 aliphatic carbocycles. The van der Waals surface area contributed by atoms with Gasteiger partial charge in [0.15, 0.2) is 11.5 Å². The van der Waals surface area contributed by atoms with Gasteiger partial charge in [-0.2, -0.15) is 22.8 Å². The Balaban J connectivity index is 1.86. The zero-order valence-corrected chi connectivity index (χ0v) is 18.9. The van der Waals surface area contributed by atoms with Gasteiger partial charge in [0, 0.05) is 38.8 Å². The number of piperidine rings is 1. The van der Waals surface area contributed by atoms with Crippen LogP contribution in [0.4, 0.5) is 24.7 Å². The minimum absolute atomic E-state index is 0.317. The minimum atomic E-state index is -4.41. The summed E-state index contributed by atoms with van der Waals surface area (Å²) in [5.41, 5.74) is 1.53. The first kappa shape index (κ1) is 22.9. The maximum absolute atomic E-state index is 13.0. The van der Waals surface area contributed by atoms with Crippen molar-refractivity contribution in [3.8, 4) is 11.3 Å². The maximum atomic E-state index is 13.0. The third-order valence-corrected chi connectivity index (χ3v) is 6.20. The maximum Gasteiger partial charge on any atom is 0.416 e. The molecule has 2 aromatic heterocycles. The lowest BCUT2D eigenvalue weighted by atomic mass is 9.82. The molecule has 0 unspecified atom stereocenters. The Morgan fingerprint density at radius 2 is 1.88 bits per heavy atom. The fraction of sp³-hybridized carbons (Fsp3) is 0.435. The average molecular weight is 461 g/mol.